The van der Waals surface area contributed by atoms with Crippen LogP contribution in [0, 0.1) is 18.6 Å². The molecule has 4 rings (SSSR count). The Morgan fingerprint density at radius 1 is 0.944 bits per heavy atom. The Kier molecular flexibility index (Phi) is 6.96. The van der Waals surface area contributed by atoms with Gasteiger partial charge in [0, 0.05) is 45.5 Å². The molecule has 36 heavy (non-hydrogen) atoms. The maximum absolute atomic E-state index is 13.5. The van der Waals surface area contributed by atoms with Gasteiger partial charge in [-0.2, -0.15) is 0 Å². The van der Waals surface area contributed by atoms with Gasteiger partial charge in [-0.3, -0.25) is 4.79 Å². The number of hydrogen-bond acceptors (Lipinski definition) is 5. The van der Waals surface area contributed by atoms with Crippen molar-refractivity contribution in [2.45, 2.75) is 13.8 Å². The average Bonchev–Trinajstić information content (AvgIpc) is 3.29. The lowest BCUT2D eigenvalue weighted by atomic mass is 9.96. The molecule has 3 aromatic carbocycles. The van der Waals surface area contributed by atoms with E-state index in [9.17, 15) is 13.6 Å². The van der Waals surface area contributed by atoms with Crippen LogP contribution in [0.15, 0.2) is 59.2 Å². The summed E-state index contributed by atoms with van der Waals surface area (Å²) >= 11 is 0. The van der Waals surface area contributed by atoms with E-state index in [0.717, 1.165) is 34.2 Å². The van der Waals surface area contributed by atoms with Gasteiger partial charge in [-0.25, -0.2) is 8.78 Å². The van der Waals surface area contributed by atoms with Crippen LogP contribution in [0.3, 0.4) is 0 Å². The molecule has 0 unspecified atom stereocenters. The molecule has 0 aliphatic heterocycles. The predicted octanol–water partition coefficient (Wildman–Crippen LogP) is 6.75. The second kappa shape index (κ2) is 10.1. The number of rotatable bonds is 7. The maximum Gasteiger partial charge on any atom is 0.248 e. The standard InChI is InChI=1S/C28H25F2NO5/c1-15(10-26(32)31-17-6-8-23(29)24(30)11-17)19-13-21-22(14-36-28(21)16(2)27(19)35-5)20-12-18(33-3)7-9-25(20)34-4/h6-14H,1-5H3,(H,31,32)/b15-10+. The fourth-order valence-corrected chi connectivity index (χ4v) is 4.13. The van der Waals surface area contributed by atoms with Gasteiger partial charge >= 0.3 is 0 Å². The first-order valence-electron chi connectivity index (χ1n) is 11.0. The highest BCUT2D eigenvalue weighted by atomic mass is 19.2. The van der Waals surface area contributed by atoms with E-state index in [-0.39, 0.29) is 5.69 Å². The number of methoxy groups -OCH3 is 3. The molecule has 0 radical (unpaired) electrons. The van der Waals surface area contributed by atoms with Crippen molar-refractivity contribution < 1.29 is 32.2 Å². The summed E-state index contributed by atoms with van der Waals surface area (Å²) in [5.41, 5.74) is 4.37. The van der Waals surface area contributed by atoms with Crippen molar-refractivity contribution in [3.63, 3.8) is 0 Å². The number of fused-ring (bicyclic) bond motifs is 1. The van der Waals surface area contributed by atoms with Gasteiger partial charge in [0.2, 0.25) is 5.91 Å². The van der Waals surface area contributed by atoms with E-state index >= 15 is 0 Å². The molecule has 1 N–H and O–H groups in total. The molecule has 1 aromatic heterocycles. The molecule has 4 aromatic rings. The minimum absolute atomic E-state index is 0.142. The first kappa shape index (κ1) is 24.8. The molecule has 0 bridgehead atoms. The highest BCUT2D eigenvalue weighted by Crippen LogP contribution is 2.43. The van der Waals surface area contributed by atoms with E-state index in [1.165, 1.54) is 12.1 Å². The van der Waals surface area contributed by atoms with Gasteiger partial charge in [-0.1, -0.05) is 0 Å². The van der Waals surface area contributed by atoms with Gasteiger partial charge in [0.15, 0.2) is 11.6 Å². The molecule has 0 spiro atoms. The number of halogens is 2. The Bertz CT molecular complexity index is 1490. The molecule has 0 saturated heterocycles. The van der Waals surface area contributed by atoms with Gasteiger partial charge in [0.1, 0.15) is 22.8 Å². The Balaban J connectivity index is 1.80. The molecule has 1 amide bonds. The minimum atomic E-state index is -1.04. The zero-order chi connectivity index (χ0) is 26.0. The SMILES string of the molecule is COc1ccc(OC)c(-c2coc3c(C)c(OC)c(/C(C)=C/C(=O)Nc4ccc(F)c(F)c4)cc23)c1. The zero-order valence-corrected chi connectivity index (χ0v) is 20.5. The molecule has 0 aliphatic carbocycles. The van der Waals surface area contributed by atoms with Crippen LogP contribution in [0.1, 0.15) is 18.1 Å². The lowest BCUT2D eigenvalue weighted by Gasteiger charge is -2.14. The fourth-order valence-electron chi connectivity index (χ4n) is 4.13. The second-order valence-corrected chi connectivity index (χ2v) is 8.12. The van der Waals surface area contributed by atoms with Crippen molar-refractivity contribution in [1.29, 1.82) is 0 Å². The van der Waals surface area contributed by atoms with Gasteiger partial charge < -0.3 is 23.9 Å². The number of aryl methyl sites for hydroxylation is 1. The highest BCUT2D eigenvalue weighted by molar-refractivity contribution is 6.06. The van der Waals surface area contributed by atoms with Crippen LogP contribution in [-0.4, -0.2) is 27.2 Å². The van der Waals surface area contributed by atoms with E-state index < -0.39 is 17.5 Å². The smallest absolute Gasteiger partial charge is 0.248 e. The van der Waals surface area contributed by atoms with E-state index in [4.69, 9.17) is 18.6 Å². The highest BCUT2D eigenvalue weighted by Gasteiger charge is 2.21. The number of allylic oxidation sites excluding steroid dienone is 1. The number of furan rings is 1. The van der Waals surface area contributed by atoms with Crippen LogP contribution in [0.5, 0.6) is 17.2 Å². The van der Waals surface area contributed by atoms with Crippen LogP contribution < -0.4 is 19.5 Å². The number of benzene rings is 3. The normalized spacial score (nSPS) is 11.5. The molecule has 6 nitrogen and oxygen atoms in total. The number of hydrogen-bond donors (Lipinski definition) is 1. The zero-order valence-electron chi connectivity index (χ0n) is 20.5. The summed E-state index contributed by atoms with van der Waals surface area (Å²) in [6, 6.07) is 10.5. The van der Waals surface area contributed by atoms with Crippen molar-refractivity contribution >= 4 is 28.1 Å². The van der Waals surface area contributed by atoms with Gasteiger partial charge in [-0.05, 0) is 55.8 Å². The summed E-state index contributed by atoms with van der Waals surface area (Å²) in [6.07, 6.45) is 3.02. The summed E-state index contributed by atoms with van der Waals surface area (Å²) in [5.74, 6) is -0.675. The van der Waals surface area contributed by atoms with Crippen LogP contribution >= 0.6 is 0 Å². The van der Waals surface area contributed by atoms with Crippen molar-refractivity contribution in [3.8, 4) is 28.4 Å². The molecule has 0 aliphatic rings. The van der Waals surface area contributed by atoms with Crippen LogP contribution in [0.4, 0.5) is 14.5 Å². The molecule has 1 heterocycles. The molecule has 8 heteroatoms. The molecular formula is C28H25F2NO5. The van der Waals surface area contributed by atoms with Crippen molar-refractivity contribution in [3.05, 3.63) is 77.6 Å². The summed E-state index contributed by atoms with van der Waals surface area (Å²) < 4.78 is 49.2. The maximum atomic E-state index is 13.5. The first-order chi connectivity index (χ1) is 17.3. The monoisotopic (exact) mass is 493 g/mol. The number of carbonyl (C=O) groups is 1. The predicted molar refractivity (Wildman–Crippen MR) is 135 cm³/mol. The minimum Gasteiger partial charge on any atom is -0.497 e. The average molecular weight is 494 g/mol. The van der Waals surface area contributed by atoms with Crippen LogP contribution in [0.2, 0.25) is 0 Å². The molecule has 0 saturated carbocycles. The quantitative estimate of drug-likeness (QED) is 0.288. The molecule has 0 atom stereocenters. The van der Waals surface area contributed by atoms with E-state index in [0.29, 0.717) is 34.0 Å². The number of carbonyl (C=O) groups excluding carboxylic acids is 1. The third-order valence-electron chi connectivity index (χ3n) is 5.90. The topological polar surface area (TPSA) is 69.9 Å². The number of amides is 1. The largest absolute Gasteiger partial charge is 0.497 e. The van der Waals surface area contributed by atoms with E-state index in [1.807, 2.05) is 31.2 Å². The second-order valence-electron chi connectivity index (χ2n) is 8.12. The Hall–Kier alpha value is -4.33. The Labute approximate surface area is 207 Å². The first-order valence-corrected chi connectivity index (χ1v) is 11.0. The lowest BCUT2D eigenvalue weighted by molar-refractivity contribution is -0.111. The third kappa shape index (κ3) is 4.62. The van der Waals surface area contributed by atoms with E-state index in [1.54, 1.807) is 34.5 Å². The lowest BCUT2D eigenvalue weighted by Crippen LogP contribution is -2.09. The molecule has 0 fully saturated rings. The summed E-state index contributed by atoms with van der Waals surface area (Å²) in [6.45, 7) is 3.63. The number of nitrogens with one attached hydrogen (secondary N) is 1. The van der Waals surface area contributed by atoms with Gasteiger partial charge in [0.25, 0.3) is 0 Å². The van der Waals surface area contributed by atoms with Crippen LogP contribution in [0.25, 0.3) is 27.7 Å². The Morgan fingerprint density at radius 2 is 1.72 bits per heavy atom. The molecule has 186 valence electrons. The summed E-state index contributed by atoms with van der Waals surface area (Å²) in [4.78, 5) is 12.6. The van der Waals surface area contributed by atoms with Crippen molar-refractivity contribution in [1.82, 2.24) is 0 Å². The van der Waals surface area contributed by atoms with Crippen molar-refractivity contribution in [2.24, 2.45) is 0 Å². The molecular weight excluding hydrogens is 468 g/mol. The van der Waals surface area contributed by atoms with Gasteiger partial charge in [0.05, 0.1) is 27.6 Å². The summed E-state index contributed by atoms with van der Waals surface area (Å²) in [5, 5.41) is 3.34. The Morgan fingerprint density at radius 3 is 2.39 bits per heavy atom. The fraction of sp³-hybridized carbons (Fsp3) is 0.179. The third-order valence-corrected chi connectivity index (χ3v) is 5.90. The number of anilines is 1. The van der Waals surface area contributed by atoms with Crippen molar-refractivity contribution in [2.75, 3.05) is 26.6 Å². The number of ether oxygens (including phenoxy) is 3. The van der Waals surface area contributed by atoms with E-state index in [2.05, 4.69) is 5.32 Å². The van der Waals surface area contributed by atoms with Gasteiger partial charge in [-0.15, -0.1) is 0 Å². The summed E-state index contributed by atoms with van der Waals surface area (Å²) in [7, 11) is 4.72. The van der Waals surface area contributed by atoms with Crippen LogP contribution in [-0.2, 0) is 4.79 Å².